The van der Waals surface area contributed by atoms with Crippen LogP contribution in [-0.4, -0.2) is 18.6 Å². The highest BCUT2D eigenvalue weighted by Crippen LogP contribution is 2.20. The molecule has 0 aromatic rings. The van der Waals surface area contributed by atoms with Crippen LogP contribution in [0.2, 0.25) is 0 Å². The van der Waals surface area contributed by atoms with E-state index in [-0.39, 0.29) is 0 Å². The number of hydrogen-bond acceptors (Lipinski definition) is 2. The molecule has 0 aliphatic heterocycles. The molecular weight excluding hydrogens is 274 g/mol. The highest BCUT2D eigenvalue weighted by atomic mass is 32.2. The maximum atomic E-state index is 3.26. The van der Waals surface area contributed by atoms with Crippen molar-refractivity contribution in [3.8, 4) is 11.8 Å². The maximum Gasteiger partial charge on any atom is 0.0550 e. The Balaban J connectivity index is 3.85. The molecule has 0 rings (SSSR count). The summed E-state index contributed by atoms with van der Waals surface area (Å²) in [4.78, 5) is 0. The van der Waals surface area contributed by atoms with Crippen LogP contribution in [0.3, 0.4) is 0 Å². The van der Waals surface area contributed by atoms with Crippen LogP contribution in [0.5, 0.6) is 0 Å². The van der Waals surface area contributed by atoms with Gasteiger partial charge in [-0.2, -0.15) is 0 Å². The number of nitrogens with one attached hydrogen (secondary N) is 1. The van der Waals surface area contributed by atoms with Crippen LogP contribution in [0.4, 0.5) is 0 Å². The van der Waals surface area contributed by atoms with Gasteiger partial charge in [-0.15, -0.1) is 11.8 Å². The Morgan fingerprint density at radius 3 is 2.57 bits per heavy atom. The zero-order valence-electron chi connectivity index (χ0n) is 14.8. The van der Waals surface area contributed by atoms with Crippen LogP contribution in [-0.2, 0) is 0 Å². The third-order valence-corrected chi connectivity index (χ3v) is 4.87. The predicted octanol–water partition coefficient (Wildman–Crippen LogP) is 5.48. The summed E-state index contributed by atoms with van der Waals surface area (Å²) in [7, 11) is 1.99. The van der Waals surface area contributed by atoms with Gasteiger partial charge in [-0.1, -0.05) is 58.8 Å². The number of rotatable bonds is 11. The Morgan fingerprint density at radius 2 is 2.00 bits per heavy atom. The summed E-state index contributed by atoms with van der Waals surface area (Å²) >= 11 is 1.97. The molecule has 1 N–H and O–H groups in total. The van der Waals surface area contributed by atoms with Gasteiger partial charge in [-0.05, 0) is 36.9 Å². The van der Waals surface area contributed by atoms with Crippen molar-refractivity contribution < 1.29 is 0 Å². The van der Waals surface area contributed by atoms with Gasteiger partial charge in [-0.25, -0.2) is 0 Å². The first-order valence-corrected chi connectivity index (χ1v) is 9.74. The minimum Gasteiger partial charge on any atom is -0.391 e. The van der Waals surface area contributed by atoms with Gasteiger partial charge < -0.3 is 5.32 Å². The number of thioether (sulfide) groups is 1. The molecule has 0 radical (unpaired) electrons. The molecule has 0 aliphatic carbocycles. The minimum absolute atomic E-state index is 0.811. The van der Waals surface area contributed by atoms with Gasteiger partial charge >= 0.3 is 0 Å². The van der Waals surface area contributed by atoms with Crippen molar-refractivity contribution in [2.75, 3.05) is 18.6 Å². The fourth-order valence-electron chi connectivity index (χ4n) is 2.38. The van der Waals surface area contributed by atoms with E-state index in [2.05, 4.69) is 50.9 Å². The highest BCUT2D eigenvalue weighted by molar-refractivity contribution is 7.99. The molecule has 1 unspecified atom stereocenters. The van der Waals surface area contributed by atoms with E-state index in [0.717, 1.165) is 24.0 Å². The molecule has 2 heteroatoms. The van der Waals surface area contributed by atoms with Crippen LogP contribution < -0.4 is 5.32 Å². The van der Waals surface area contributed by atoms with Crippen molar-refractivity contribution in [3.63, 3.8) is 0 Å². The lowest BCUT2D eigenvalue weighted by molar-refractivity contribution is 0.365. The topological polar surface area (TPSA) is 12.0 Å². The maximum absolute atomic E-state index is 3.26. The minimum atomic E-state index is 0.811. The Hall–Kier alpha value is -0.550. The van der Waals surface area contributed by atoms with Gasteiger partial charge in [0.05, 0.1) is 5.75 Å². The summed E-state index contributed by atoms with van der Waals surface area (Å²) in [5.41, 5.74) is 1.27. The summed E-state index contributed by atoms with van der Waals surface area (Å²) in [6.45, 7) is 9.21. The van der Waals surface area contributed by atoms with Crippen LogP contribution in [0.25, 0.3) is 0 Å². The van der Waals surface area contributed by atoms with Crippen molar-refractivity contribution in [3.05, 3.63) is 11.8 Å². The zero-order valence-corrected chi connectivity index (χ0v) is 15.6. The summed E-state index contributed by atoms with van der Waals surface area (Å²) < 4.78 is 0. The first-order valence-electron chi connectivity index (χ1n) is 8.58. The second-order valence-electron chi connectivity index (χ2n) is 5.95. The Labute approximate surface area is 137 Å². The van der Waals surface area contributed by atoms with E-state index in [0.29, 0.717) is 0 Å². The van der Waals surface area contributed by atoms with Gasteiger partial charge in [0.25, 0.3) is 0 Å². The van der Waals surface area contributed by atoms with Gasteiger partial charge in [0.1, 0.15) is 0 Å². The molecule has 0 fully saturated rings. The van der Waals surface area contributed by atoms with E-state index in [1.807, 2.05) is 18.8 Å². The summed E-state index contributed by atoms with van der Waals surface area (Å²) in [5.74, 6) is 10.3. The molecule has 0 saturated carbocycles. The van der Waals surface area contributed by atoms with E-state index in [1.54, 1.807) is 0 Å². The SMILES string of the molecule is CCCCC/C(=C\C#CCSCCC(CC)C(C)C)NC. The lowest BCUT2D eigenvalue weighted by Crippen LogP contribution is -2.08. The fraction of sp³-hybridized carbons (Fsp3) is 0.789. The lowest BCUT2D eigenvalue weighted by atomic mass is 9.91. The van der Waals surface area contributed by atoms with Crippen molar-refractivity contribution in [1.29, 1.82) is 0 Å². The van der Waals surface area contributed by atoms with E-state index in [1.165, 1.54) is 43.6 Å². The second kappa shape index (κ2) is 14.4. The third-order valence-electron chi connectivity index (χ3n) is 3.99. The second-order valence-corrected chi connectivity index (χ2v) is 7.06. The molecule has 0 heterocycles. The molecule has 1 nitrogen and oxygen atoms in total. The summed E-state index contributed by atoms with van der Waals surface area (Å²) in [5, 5.41) is 3.25. The molecule has 1 atom stereocenters. The van der Waals surface area contributed by atoms with Crippen LogP contribution >= 0.6 is 11.8 Å². The predicted molar refractivity (Wildman–Crippen MR) is 99.6 cm³/mol. The average Bonchev–Trinajstić information content (AvgIpc) is 2.47. The van der Waals surface area contributed by atoms with E-state index in [9.17, 15) is 0 Å². The number of allylic oxidation sites excluding steroid dienone is 2. The average molecular weight is 310 g/mol. The molecule has 0 amide bonds. The largest absolute Gasteiger partial charge is 0.391 e. The van der Waals surface area contributed by atoms with Gasteiger partial charge in [0.15, 0.2) is 0 Å². The van der Waals surface area contributed by atoms with Gasteiger partial charge in [0.2, 0.25) is 0 Å². The molecule has 122 valence electrons. The van der Waals surface area contributed by atoms with E-state index in [4.69, 9.17) is 0 Å². The first kappa shape index (κ1) is 20.5. The van der Waals surface area contributed by atoms with Crippen LogP contribution in [0.15, 0.2) is 11.8 Å². The third kappa shape index (κ3) is 11.8. The molecular formula is C19H35NS. The quantitative estimate of drug-likeness (QED) is 0.401. The van der Waals surface area contributed by atoms with Crippen molar-refractivity contribution in [2.45, 2.75) is 66.2 Å². The van der Waals surface area contributed by atoms with Gasteiger partial charge in [0, 0.05) is 18.8 Å². The van der Waals surface area contributed by atoms with E-state index < -0.39 is 0 Å². The smallest absolute Gasteiger partial charge is 0.0550 e. The monoisotopic (exact) mass is 309 g/mol. The molecule has 0 spiro atoms. The molecule has 0 saturated heterocycles. The first-order chi connectivity index (χ1) is 10.2. The highest BCUT2D eigenvalue weighted by Gasteiger charge is 2.09. The van der Waals surface area contributed by atoms with Crippen molar-refractivity contribution in [1.82, 2.24) is 5.32 Å². The van der Waals surface area contributed by atoms with Crippen molar-refractivity contribution >= 4 is 11.8 Å². The van der Waals surface area contributed by atoms with Gasteiger partial charge in [-0.3, -0.25) is 0 Å². The number of unbranched alkanes of at least 4 members (excludes halogenated alkanes) is 2. The zero-order chi connectivity index (χ0) is 15.9. The number of hydrogen-bond donors (Lipinski definition) is 1. The Kier molecular flexibility index (Phi) is 14.0. The Morgan fingerprint density at radius 1 is 1.24 bits per heavy atom. The lowest BCUT2D eigenvalue weighted by Gasteiger charge is -2.17. The summed E-state index contributed by atoms with van der Waals surface area (Å²) in [6, 6.07) is 0. The fourth-order valence-corrected chi connectivity index (χ4v) is 3.18. The van der Waals surface area contributed by atoms with Crippen molar-refractivity contribution in [2.24, 2.45) is 11.8 Å². The normalized spacial score (nSPS) is 13.0. The molecule has 0 aromatic carbocycles. The molecule has 0 aliphatic rings. The van der Waals surface area contributed by atoms with E-state index >= 15 is 0 Å². The standard InChI is InChI=1S/C19H35NS/c1-6-8-9-12-19(20-5)13-10-11-15-21-16-14-18(7-2)17(3)4/h13,17-18,20H,6-9,12,14-16H2,1-5H3/b19-13+. The molecule has 0 bridgehead atoms. The summed E-state index contributed by atoms with van der Waals surface area (Å²) in [6.07, 6.45) is 9.64. The van der Waals surface area contributed by atoms with Crippen LogP contribution in [0.1, 0.15) is 66.2 Å². The van der Waals surface area contributed by atoms with Crippen LogP contribution in [0, 0.1) is 23.7 Å². The Bertz CT molecular complexity index is 322. The molecule has 0 aromatic heterocycles. The molecule has 21 heavy (non-hydrogen) atoms.